The second kappa shape index (κ2) is 7.55. The van der Waals surface area contributed by atoms with Crippen LogP contribution in [0.15, 0.2) is 22.7 Å². The van der Waals surface area contributed by atoms with E-state index >= 15 is 0 Å². The Bertz CT molecular complexity index is 791. The molecule has 1 aromatic carbocycles. The van der Waals surface area contributed by atoms with Crippen LogP contribution >= 0.6 is 0 Å². The number of nitrogens with zero attached hydrogens (tertiary/aromatic N) is 2. The van der Waals surface area contributed by atoms with Crippen molar-refractivity contribution in [2.24, 2.45) is 0 Å². The highest BCUT2D eigenvalue weighted by Gasteiger charge is 2.23. The number of alkyl halides is 2. The van der Waals surface area contributed by atoms with Gasteiger partial charge < -0.3 is 18.7 Å². The van der Waals surface area contributed by atoms with Crippen molar-refractivity contribution in [2.45, 2.75) is 20.1 Å². The first-order valence-electron chi connectivity index (χ1n) is 6.72. The standard InChI is InChI=1S/C14H12F2N2O7/c1-7-3-12(25-17-7)13(19)23-6-8-4-10(22-2)11(24-14(15)16)5-9(8)18(20)21/h3-5,14H,6H2,1-2H3. The van der Waals surface area contributed by atoms with Gasteiger partial charge in [-0.2, -0.15) is 8.78 Å². The molecule has 0 aliphatic heterocycles. The van der Waals surface area contributed by atoms with Gasteiger partial charge in [0.1, 0.15) is 6.61 Å². The molecule has 2 aromatic rings. The average Bonchev–Trinajstić information content (AvgIpc) is 2.98. The molecule has 0 atom stereocenters. The molecule has 1 aromatic heterocycles. The van der Waals surface area contributed by atoms with Crippen LogP contribution in [0.25, 0.3) is 0 Å². The van der Waals surface area contributed by atoms with Gasteiger partial charge in [0.25, 0.3) is 5.69 Å². The summed E-state index contributed by atoms with van der Waals surface area (Å²) in [7, 11) is 1.17. The largest absolute Gasteiger partial charge is 0.493 e. The Labute approximate surface area is 139 Å². The number of nitro groups is 1. The molecule has 1 heterocycles. The summed E-state index contributed by atoms with van der Waals surface area (Å²) in [5.41, 5.74) is -0.195. The van der Waals surface area contributed by atoms with E-state index in [1.807, 2.05) is 0 Å². The fourth-order valence-electron chi connectivity index (χ4n) is 1.90. The normalized spacial score (nSPS) is 10.6. The molecule has 0 amide bonds. The molecule has 25 heavy (non-hydrogen) atoms. The number of hydrogen-bond acceptors (Lipinski definition) is 8. The third-order valence-electron chi connectivity index (χ3n) is 2.97. The van der Waals surface area contributed by atoms with Crippen molar-refractivity contribution >= 4 is 11.7 Å². The molecule has 0 bridgehead atoms. The van der Waals surface area contributed by atoms with Crippen molar-refractivity contribution in [2.75, 3.05) is 7.11 Å². The number of aryl methyl sites for hydroxylation is 1. The number of carbonyl (C=O) groups excluding carboxylic acids is 1. The summed E-state index contributed by atoms with van der Waals surface area (Å²) in [5, 5.41) is 14.6. The number of aromatic nitrogens is 1. The summed E-state index contributed by atoms with van der Waals surface area (Å²) in [6.07, 6.45) is 0. The van der Waals surface area contributed by atoms with E-state index < -0.39 is 35.5 Å². The van der Waals surface area contributed by atoms with Crippen molar-refractivity contribution in [3.63, 3.8) is 0 Å². The van der Waals surface area contributed by atoms with Gasteiger partial charge in [-0.3, -0.25) is 10.1 Å². The van der Waals surface area contributed by atoms with Crippen LogP contribution in [0.2, 0.25) is 0 Å². The molecule has 0 unspecified atom stereocenters. The third-order valence-corrected chi connectivity index (χ3v) is 2.97. The fraction of sp³-hybridized carbons (Fsp3) is 0.286. The van der Waals surface area contributed by atoms with Crippen LogP contribution in [0.3, 0.4) is 0 Å². The van der Waals surface area contributed by atoms with E-state index in [0.29, 0.717) is 5.69 Å². The van der Waals surface area contributed by atoms with Crippen LogP contribution < -0.4 is 9.47 Å². The topological polar surface area (TPSA) is 114 Å². The Morgan fingerprint density at radius 1 is 1.36 bits per heavy atom. The lowest BCUT2D eigenvalue weighted by Gasteiger charge is -2.12. The zero-order valence-corrected chi connectivity index (χ0v) is 13.0. The SMILES string of the molecule is COc1cc(COC(=O)c2cc(C)no2)c([N+](=O)[O-])cc1OC(F)F. The van der Waals surface area contributed by atoms with Gasteiger partial charge in [0.15, 0.2) is 11.5 Å². The number of methoxy groups -OCH3 is 1. The van der Waals surface area contributed by atoms with Crippen LogP contribution in [-0.2, 0) is 11.3 Å². The summed E-state index contributed by atoms with van der Waals surface area (Å²) in [6, 6.07) is 3.18. The maximum Gasteiger partial charge on any atom is 0.387 e. The lowest BCUT2D eigenvalue weighted by Crippen LogP contribution is -2.08. The van der Waals surface area contributed by atoms with Crippen LogP contribution in [-0.4, -0.2) is 29.8 Å². The minimum absolute atomic E-state index is 0.0759. The van der Waals surface area contributed by atoms with Gasteiger partial charge in [0, 0.05) is 6.07 Å². The summed E-state index contributed by atoms with van der Waals surface area (Å²) >= 11 is 0. The minimum Gasteiger partial charge on any atom is -0.493 e. The smallest absolute Gasteiger partial charge is 0.387 e. The predicted octanol–water partition coefficient (Wildman–Crippen LogP) is 2.86. The van der Waals surface area contributed by atoms with E-state index in [1.165, 1.54) is 13.2 Å². The molecule has 0 N–H and O–H groups in total. The van der Waals surface area contributed by atoms with E-state index in [1.54, 1.807) is 6.92 Å². The van der Waals surface area contributed by atoms with Crippen LogP contribution in [0.5, 0.6) is 11.5 Å². The summed E-state index contributed by atoms with van der Waals surface area (Å²) in [6.45, 7) is -2.11. The summed E-state index contributed by atoms with van der Waals surface area (Å²) < 4.78 is 43.4. The van der Waals surface area contributed by atoms with Gasteiger partial charge in [-0.05, 0) is 13.0 Å². The number of esters is 1. The number of ether oxygens (including phenoxy) is 3. The van der Waals surface area contributed by atoms with Crippen molar-refractivity contribution in [3.05, 3.63) is 45.3 Å². The molecule has 11 heteroatoms. The number of halogens is 2. The molecular weight excluding hydrogens is 346 g/mol. The molecule has 0 radical (unpaired) electrons. The first kappa shape index (κ1) is 18.1. The van der Waals surface area contributed by atoms with Crippen LogP contribution in [0, 0.1) is 17.0 Å². The Morgan fingerprint density at radius 3 is 2.60 bits per heavy atom. The molecule has 9 nitrogen and oxygen atoms in total. The van der Waals surface area contributed by atoms with Gasteiger partial charge in [-0.25, -0.2) is 4.79 Å². The summed E-state index contributed by atoms with van der Waals surface area (Å²) in [4.78, 5) is 22.1. The second-order valence-electron chi connectivity index (χ2n) is 4.68. The lowest BCUT2D eigenvalue weighted by molar-refractivity contribution is -0.386. The number of rotatable bonds is 7. The summed E-state index contributed by atoms with van der Waals surface area (Å²) in [5.74, 6) is -1.75. The monoisotopic (exact) mass is 358 g/mol. The molecule has 0 fully saturated rings. The Balaban J connectivity index is 2.26. The van der Waals surface area contributed by atoms with Crippen molar-refractivity contribution in [3.8, 4) is 11.5 Å². The second-order valence-corrected chi connectivity index (χ2v) is 4.68. The molecule has 0 aliphatic carbocycles. The highest BCUT2D eigenvalue weighted by molar-refractivity contribution is 5.86. The molecule has 0 spiro atoms. The maximum absolute atomic E-state index is 12.4. The van der Waals surface area contributed by atoms with E-state index in [9.17, 15) is 23.7 Å². The van der Waals surface area contributed by atoms with Crippen LogP contribution in [0.1, 0.15) is 21.8 Å². The van der Waals surface area contributed by atoms with Gasteiger partial charge in [-0.1, -0.05) is 5.16 Å². The van der Waals surface area contributed by atoms with E-state index in [-0.39, 0.29) is 17.1 Å². The molecule has 134 valence electrons. The zero-order valence-electron chi connectivity index (χ0n) is 13.0. The molecule has 2 rings (SSSR count). The van der Waals surface area contributed by atoms with Crippen LogP contribution in [0.4, 0.5) is 14.5 Å². The average molecular weight is 358 g/mol. The number of carbonyl (C=O) groups is 1. The molecule has 0 saturated heterocycles. The first-order valence-corrected chi connectivity index (χ1v) is 6.72. The Morgan fingerprint density at radius 2 is 2.08 bits per heavy atom. The molecular formula is C14H12F2N2O7. The highest BCUT2D eigenvalue weighted by Crippen LogP contribution is 2.36. The van der Waals surface area contributed by atoms with Gasteiger partial charge in [0.05, 0.1) is 29.4 Å². The number of nitro benzene ring substituents is 1. The van der Waals surface area contributed by atoms with Gasteiger partial charge in [-0.15, -0.1) is 0 Å². The van der Waals surface area contributed by atoms with E-state index in [4.69, 9.17) is 14.0 Å². The minimum atomic E-state index is -3.19. The van der Waals surface area contributed by atoms with Gasteiger partial charge >= 0.3 is 12.6 Å². The molecule has 0 aliphatic rings. The van der Waals surface area contributed by atoms with Gasteiger partial charge in [0.2, 0.25) is 5.76 Å². The Hall–Kier alpha value is -3.24. The number of hydrogen-bond donors (Lipinski definition) is 0. The zero-order chi connectivity index (χ0) is 18.6. The van der Waals surface area contributed by atoms with E-state index in [2.05, 4.69) is 9.89 Å². The fourth-order valence-corrected chi connectivity index (χ4v) is 1.90. The first-order chi connectivity index (χ1) is 11.8. The quantitative estimate of drug-likeness (QED) is 0.422. The highest BCUT2D eigenvalue weighted by atomic mass is 19.3. The molecule has 0 saturated carbocycles. The maximum atomic E-state index is 12.4. The lowest BCUT2D eigenvalue weighted by atomic mass is 10.1. The van der Waals surface area contributed by atoms with E-state index in [0.717, 1.165) is 12.1 Å². The van der Waals surface area contributed by atoms with Crippen molar-refractivity contribution in [1.29, 1.82) is 0 Å². The Kier molecular flexibility index (Phi) is 5.47. The third kappa shape index (κ3) is 4.40. The number of benzene rings is 1. The van der Waals surface area contributed by atoms with Crippen molar-refractivity contribution in [1.82, 2.24) is 5.16 Å². The van der Waals surface area contributed by atoms with Crippen molar-refractivity contribution < 1.29 is 37.2 Å². The predicted molar refractivity (Wildman–Crippen MR) is 76.6 cm³/mol.